The Hall–Kier alpha value is 1.08. The Labute approximate surface area is 326 Å². The van der Waals surface area contributed by atoms with Gasteiger partial charge in [0.15, 0.2) is 70.8 Å². The summed E-state index contributed by atoms with van der Waals surface area (Å²) in [6.07, 6.45) is -5.60. The first-order chi connectivity index (χ1) is 23.1. The minimum atomic E-state index is -2.21. The van der Waals surface area contributed by atoms with Gasteiger partial charge in [0.25, 0.3) is 0 Å². The highest BCUT2D eigenvalue weighted by molar-refractivity contribution is 6.72. The summed E-state index contributed by atoms with van der Waals surface area (Å²) in [5.74, 6) is 0. The third kappa shape index (κ3) is 18.1. The number of methoxy groups -OCH3 is 1. The van der Waals surface area contributed by atoms with Gasteiger partial charge in [-0.15, -0.1) is 0 Å². The molecule has 2 heterocycles. The van der Waals surface area contributed by atoms with Gasteiger partial charge in [0, 0.05) is 7.11 Å². The Morgan fingerprint density at radius 1 is 0.346 bits per heavy atom. The number of hydrogen-bond acceptors (Lipinski definition) is 11. The molecule has 0 N–H and O–H groups in total. The van der Waals surface area contributed by atoms with Crippen LogP contribution in [0.4, 0.5) is 0 Å². The van der Waals surface area contributed by atoms with Crippen LogP contribution in [0.5, 0.6) is 0 Å². The second-order valence-electron chi connectivity index (χ2n) is 21.2. The topological polar surface area (TPSA) is 102 Å². The minimum absolute atomic E-state index is 0.316. The summed E-state index contributed by atoms with van der Waals surface area (Å²) in [4.78, 5) is 0. The summed E-state index contributed by atoms with van der Waals surface area (Å²) in [6, 6.07) is 0. The zero-order valence-corrected chi connectivity index (χ0v) is 44.2. The van der Waals surface area contributed by atoms with Crippen molar-refractivity contribution >= 4 is 58.2 Å². The Morgan fingerprint density at radius 3 is 0.981 bits per heavy atom. The molecule has 0 unspecified atom stereocenters. The molecule has 0 aromatic rings. The van der Waals surface area contributed by atoms with E-state index in [1.54, 1.807) is 7.11 Å². The first-order valence-corrected chi connectivity index (χ1v) is 43.1. The largest absolute Gasteiger partial charge is 0.415 e. The fraction of sp³-hybridized carbons (Fsp3) is 1.00. The van der Waals surface area contributed by atoms with E-state index in [4.69, 9.17) is 49.9 Å². The summed E-state index contributed by atoms with van der Waals surface area (Å²) in [5.41, 5.74) is 0. The molecule has 0 aromatic carbocycles. The molecule has 10 atom stereocenters. The standard InChI is InChI=1S/C34H80O11Si7/c1-35-33-31(44-51(17,18)19)29(42-49(11,12)13)27(25(38-33)23-36-46(2,3)4)40-34-32(45-52(20,21)22)30(43-50(14,15)16)28(41-48(8,9)10)26(39-34)24-37-47(5,6)7/h25-34H,23-24H2,1-22H3/t25-,26-,27-,28-,29+,30+,31-,32-,33+,34-/m1/s1. The highest BCUT2D eigenvalue weighted by atomic mass is 28.4. The predicted molar refractivity (Wildman–Crippen MR) is 229 cm³/mol. The first-order valence-electron chi connectivity index (χ1n) is 19.2. The van der Waals surface area contributed by atoms with E-state index in [0.29, 0.717) is 13.2 Å². The van der Waals surface area contributed by atoms with Crippen LogP contribution in [0.3, 0.4) is 0 Å². The van der Waals surface area contributed by atoms with E-state index >= 15 is 0 Å². The molecule has 0 bridgehead atoms. The van der Waals surface area contributed by atoms with Gasteiger partial charge < -0.3 is 49.9 Å². The molecule has 0 aromatic heterocycles. The Morgan fingerprint density at radius 2 is 0.635 bits per heavy atom. The number of hydrogen-bond donors (Lipinski definition) is 0. The molecule has 2 rings (SSSR count). The molecule has 18 heteroatoms. The summed E-state index contributed by atoms with van der Waals surface area (Å²) in [7, 11) is -13.0. The first kappa shape index (κ1) is 49.2. The molecule has 0 amide bonds. The molecule has 2 saturated heterocycles. The minimum Gasteiger partial charge on any atom is -0.415 e. The van der Waals surface area contributed by atoms with Crippen LogP contribution in [0.1, 0.15) is 0 Å². The highest BCUT2D eigenvalue weighted by Gasteiger charge is 2.57. The van der Waals surface area contributed by atoms with Crippen LogP contribution in [0.25, 0.3) is 0 Å². The van der Waals surface area contributed by atoms with Crippen LogP contribution in [-0.2, 0) is 49.9 Å². The molecule has 0 saturated carbocycles. The second kappa shape index (κ2) is 18.3. The Balaban J connectivity index is 2.86. The van der Waals surface area contributed by atoms with Crippen molar-refractivity contribution in [2.75, 3.05) is 20.3 Å². The van der Waals surface area contributed by atoms with E-state index in [-0.39, 0.29) is 0 Å². The predicted octanol–water partition coefficient (Wildman–Crippen LogP) is 8.27. The van der Waals surface area contributed by atoms with Crippen LogP contribution in [0.2, 0.25) is 137 Å². The van der Waals surface area contributed by atoms with Gasteiger partial charge in [-0.2, -0.15) is 0 Å². The van der Waals surface area contributed by atoms with Crippen molar-refractivity contribution < 1.29 is 49.9 Å². The second-order valence-corrected chi connectivity index (χ2v) is 52.6. The number of rotatable bonds is 19. The van der Waals surface area contributed by atoms with Gasteiger partial charge in [-0.05, 0) is 137 Å². The number of ether oxygens (including phenoxy) is 4. The van der Waals surface area contributed by atoms with Crippen LogP contribution in [0.15, 0.2) is 0 Å². The summed E-state index contributed by atoms with van der Waals surface area (Å²) in [6.45, 7) is 46.7. The molecule has 310 valence electrons. The molecule has 0 radical (unpaired) electrons. The summed E-state index contributed by atoms with van der Waals surface area (Å²) in [5, 5.41) is 0. The monoisotopic (exact) mass is 860 g/mol. The average Bonchev–Trinajstić information content (AvgIpc) is 2.87. The molecule has 0 aliphatic carbocycles. The zero-order chi connectivity index (χ0) is 40.5. The van der Waals surface area contributed by atoms with Gasteiger partial charge in [-0.1, -0.05) is 0 Å². The van der Waals surface area contributed by atoms with Gasteiger partial charge in [-0.3, -0.25) is 0 Å². The molecule has 2 aliphatic heterocycles. The lowest BCUT2D eigenvalue weighted by Gasteiger charge is -2.53. The fourth-order valence-corrected chi connectivity index (χ4v) is 12.7. The van der Waals surface area contributed by atoms with Gasteiger partial charge in [0.2, 0.25) is 0 Å². The maximum Gasteiger partial charge on any atom is 0.186 e. The van der Waals surface area contributed by atoms with Crippen molar-refractivity contribution in [3.63, 3.8) is 0 Å². The fourth-order valence-electron chi connectivity index (χ4n) is 6.01. The van der Waals surface area contributed by atoms with E-state index in [0.717, 1.165) is 0 Å². The van der Waals surface area contributed by atoms with Crippen molar-refractivity contribution in [3.8, 4) is 0 Å². The quantitative estimate of drug-likeness (QED) is 0.117. The molecule has 11 nitrogen and oxygen atoms in total. The summed E-state index contributed by atoms with van der Waals surface area (Å²) < 4.78 is 75.6. The van der Waals surface area contributed by atoms with Gasteiger partial charge in [0.05, 0.1) is 13.2 Å². The maximum absolute atomic E-state index is 7.36. The van der Waals surface area contributed by atoms with Crippen LogP contribution >= 0.6 is 0 Å². The SMILES string of the molecule is CO[C@H]1O[C@H](CO[Si](C)(C)C)[C@@H](O[C@H]2O[C@H](CO[Si](C)(C)C)[C@@H](O[Si](C)(C)C)[C@H](O[Si](C)(C)C)[C@H]2O[Si](C)(C)C)[C@H](O[Si](C)(C)C)[C@H]1O[Si](C)(C)C. The van der Waals surface area contributed by atoms with Gasteiger partial charge in [-0.25, -0.2) is 0 Å². The molecule has 2 fully saturated rings. The summed E-state index contributed by atoms with van der Waals surface area (Å²) >= 11 is 0. The Bertz CT molecular complexity index is 1090. The van der Waals surface area contributed by atoms with Crippen molar-refractivity contribution in [2.45, 2.75) is 199 Å². The highest BCUT2D eigenvalue weighted by Crippen LogP contribution is 2.39. The van der Waals surface area contributed by atoms with Crippen molar-refractivity contribution in [2.24, 2.45) is 0 Å². The van der Waals surface area contributed by atoms with Gasteiger partial charge in [0.1, 0.15) is 48.8 Å². The van der Waals surface area contributed by atoms with E-state index in [2.05, 4.69) is 137 Å². The third-order valence-electron chi connectivity index (χ3n) is 7.52. The molecular weight excluding hydrogens is 781 g/mol. The van der Waals surface area contributed by atoms with Crippen molar-refractivity contribution in [1.29, 1.82) is 0 Å². The zero-order valence-electron chi connectivity index (χ0n) is 37.2. The van der Waals surface area contributed by atoms with E-state index in [1.807, 2.05) is 0 Å². The lowest BCUT2D eigenvalue weighted by atomic mass is 9.97. The lowest BCUT2D eigenvalue weighted by molar-refractivity contribution is -0.349. The molecule has 2 aliphatic rings. The lowest BCUT2D eigenvalue weighted by Crippen LogP contribution is -2.69. The third-order valence-corrected chi connectivity index (χ3v) is 14.5. The van der Waals surface area contributed by atoms with E-state index < -0.39 is 120 Å². The van der Waals surface area contributed by atoms with Crippen molar-refractivity contribution in [1.82, 2.24) is 0 Å². The molecular formula is C34H80O11Si7. The van der Waals surface area contributed by atoms with Crippen LogP contribution in [0, 0.1) is 0 Å². The molecule has 52 heavy (non-hydrogen) atoms. The van der Waals surface area contributed by atoms with Crippen LogP contribution < -0.4 is 0 Å². The molecule has 0 spiro atoms. The van der Waals surface area contributed by atoms with E-state index in [1.165, 1.54) is 0 Å². The van der Waals surface area contributed by atoms with E-state index in [9.17, 15) is 0 Å². The van der Waals surface area contributed by atoms with Crippen molar-refractivity contribution in [3.05, 3.63) is 0 Å². The maximum atomic E-state index is 7.36. The smallest absolute Gasteiger partial charge is 0.186 e. The normalized spacial score (nSPS) is 32.0. The average molecular weight is 862 g/mol. The Kier molecular flexibility index (Phi) is 17.4. The van der Waals surface area contributed by atoms with Crippen LogP contribution in [-0.4, -0.2) is 140 Å². The van der Waals surface area contributed by atoms with Gasteiger partial charge >= 0.3 is 0 Å².